The van der Waals surface area contributed by atoms with E-state index in [2.05, 4.69) is 14.9 Å². The highest BCUT2D eigenvalue weighted by Gasteiger charge is 2.29. The van der Waals surface area contributed by atoms with E-state index in [1.807, 2.05) is 11.7 Å². The van der Waals surface area contributed by atoms with Crippen LogP contribution in [0.1, 0.15) is 53.8 Å². The van der Waals surface area contributed by atoms with E-state index in [9.17, 15) is 0 Å². The van der Waals surface area contributed by atoms with Gasteiger partial charge in [-0.25, -0.2) is 4.98 Å². The summed E-state index contributed by atoms with van der Waals surface area (Å²) < 4.78 is 0. The molecule has 2 aliphatic rings. The standard InChI is InChI=1S/C15H20N4S/c1-2-5-13-12(4-1)17-15(18-13)14-6-3-7-19(14)9-11-8-16-10-20-11/h8,10,14H,1-7,9H2,(H,17,18)/t14-/m0/s1. The van der Waals surface area contributed by atoms with Crippen LogP contribution in [0.4, 0.5) is 0 Å². The van der Waals surface area contributed by atoms with Gasteiger partial charge < -0.3 is 4.98 Å². The monoisotopic (exact) mass is 288 g/mol. The summed E-state index contributed by atoms with van der Waals surface area (Å²) in [5, 5.41) is 0. The number of imidazole rings is 1. The molecule has 0 aromatic carbocycles. The Bertz CT molecular complexity index is 551. The molecule has 4 nitrogen and oxygen atoms in total. The topological polar surface area (TPSA) is 44.8 Å². The van der Waals surface area contributed by atoms with Gasteiger partial charge in [0.1, 0.15) is 5.82 Å². The Morgan fingerprint density at radius 3 is 3.10 bits per heavy atom. The first kappa shape index (κ1) is 12.5. The molecule has 4 rings (SSSR count). The molecule has 5 heteroatoms. The third-order valence-corrected chi connectivity index (χ3v) is 5.26. The molecular weight excluding hydrogens is 268 g/mol. The molecule has 0 spiro atoms. The van der Waals surface area contributed by atoms with E-state index in [1.165, 1.54) is 60.7 Å². The molecule has 106 valence electrons. The SMILES string of the molecule is c1ncc(CN2CCC[C@H]2c2nc3c([nH]2)CCCC3)s1. The van der Waals surface area contributed by atoms with Gasteiger partial charge in [0.15, 0.2) is 0 Å². The Balaban J connectivity index is 1.55. The Morgan fingerprint density at radius 2 is 2.25 bits per heavy atom. The van der Waals surface area contributed by atoms with Crippen molar-refractivity contribution in [2.75, 3.05) is 6.54 Å². The first-order valence-electron chi connectivity index (χ1n) is 7.59. The van der Waals surface area contributed by atoms with Crippen LogP contribution in [0.5, 0.6) is 0 Å². The minimum Gasteiger partial charge on any atom is -0.344 e. The maximum atomic E-state index is 4.90. The number of likely N-dealkylation sites (tertiary alicyclic amines) is 1. The predicted octanol–water partition coefficient (Wildman–Crippen LogP) is 3.08. The van der Waals surface area contributed by atoms with Gasteiger partial charge in [0.25, 0.3) is 0 Å². The van der Waals surface area contributed by atoms with E-state index in [0.717, 1.165) is 13.0 Å². The third-order valence-electron chi connectivity index (χ3n) is 4.49. The van der Waals surface area contributed by atoms with E-state index in [-0.39, 0.29) is 0 Å². The van der Waals surface area contributed by atoms with Crippen molar-refractivity contribution in [2.45, 2.75) is 51.1 Å². The highest BCUT2D eigenvalue weighted by Crippen LogP contribution is 2.33. The molecule has 3 heterocycles. The van der Waals surface area contributed by atoms with Gasteiger partial charge in [0, 0.05) is 23.3 Å². The summed E-state index contributed by atoms with van der Waals surface area (Å²) in [6.45, 7) is 2.19. The minimum absolute atomic E-state index is 0.475. The van der Waals surface area contributed by atoms with E-state index < -0.39 is 0 Å². The van der Waals surface area contributed by atoms with Crippen molar-refractivity contribution in [3.63, 3.8) is 0 Å². The molecular formula is C15H20N4S. The van der Waals surface area contributed by atoms with Crippen molar-refractivity contribution in [2.24, 2.45) is 0 Å². The molecule has 1 N–H and O–H groups in total. The van der Waals surface area contributed by atoms with Crippen LogP contribution < -0.4 is 0 Å². The lowest BCUT2D eigenvalue weighted by atomic mass is 10.0. The zero-order valence-electron chi connectivity index (χ0n) is 11.6. The molecule has 1 fully saturated rings. The third kappa shape index (κ3) is 2.29. The van der Waals surface area contributed by atoms with Crippen LogP contribution in [-0.2, 0) is 19.4 Å². The second-order valence-electron chi connectivity index (χ2n) is 5.85. The van der Waals surface area contributed by atoms with Crippen LogP contribution in [0.15, 0.2) is 11.7 Å². The van der Waals surface area contributed by atoms with Crippen LogP contribution in [0.3, 0.4) is 0 Å². The lowest BCUT2D eigenvalue weighted by Crippen LogP contribution is -2.23. The van der Waals surface area contributed by atoms with Gasteiger partial charge in [-0.05, 0) is 45.1 Å². The van der Waals surface area contributed by atoms with E-state index >= 15 is 0 Å². The summed E-state index contributed by atoms with van der Waals surface area (Å²) >= 11 is 1.75. The average Bonchev–Trinajstić information content (AvgIpc) is 3.18. The zero-order valence-corrected chi connectivity index (χ0v) is 12.5. The smallest absolute Gasteiger partial charge is 0.124 e. The quantitative estimate of drug-likeness (QED) is 0.944. The van der Waals surface area contributed by atoms with Crippen molar-refractivity contribution in [3.05, 3.63) is 33.8 Å². The number of fused-ring (bicyclic) bond motifs is 1. The van der Waals surface area contributed by atoms with Gasteiger partial charge in [0.2, 0.25) is 0 Å². The summed E-state index contributed by atoms with van der Waals surface area (Å²) in [4.78, 5) is 16.6. The number of aromatic nitrogens is 3. The summed E-state index contributed by atoms with van der Waals surface area (Å²) in [5.41, 5.74) is 4.65. The largest absolute Gasteiger partial charge is 0.344 e. The Labute approximate surface area is 123 Å². The lowest BCUT2D eigenvalue weighted by molar-refractivity contribution is 0.242. The fourth-order valence-electron chi connectivity index (χ4n) is 3.48. The number of aryl methyl sites for hydroxylation is 2. The van der Waals surface area contributed by atoms with Gasteiger partial charge in [-0.1, -0.05) is 0 Å². The number of aromatic amines is 1. The maximum Gasteiger partial charge on any atom is 0.124 e. The van der Waals surface area contributed by atoms with Crippen LogP contribution in [-0.4, -0.2) is 26.4 Å². The highest BCUT2D eigenvalue weighted by atomic mass is 32.1. The summed E-state index contributed by atoms with van der Waals surface area (Å²) in [7, 11) is 0. The molecule has 2 aromatic rings. The molecule has 1 atom stereocenters. The molecule has 0 saturated carbocycles. The number of H-pyrrole nitrogens is 1. The zero-order chi connectivity index (χ0) is 13.4. The molecule has 0 radical (unpaired) electrons. The molecule has 1 aliphatic carbocycles. The van der Waals surface area contributed by atoms with Gasteiger partial charge in [-0.2, -0.15) is 0 Å². The summed E-state index contributed by atoms with van der Waals surface area (Å²) in [6, 6.07) is 0.475. The van der Waals surface area contributed by atoms with Crippen LogP contribution >= 0.6 is 11.3 Å². The number of thiazole rings is 1. The van der Waals surface area contributed by atoms with Crippen molar-refractivity contribution < 1.29 is 0 Å². The number of nitrogens with zero attached hydrogens (tertiary/aromatic N) is 3. The average molecular weight is 288 g/mol. The first-order chi connectivity index (χ1) is 9.90. The van der Waals surface area contributed by atoms with Gasteiger partial charge in [-0.3, -0.25) is 9.88 Å². The van der Waals surface area contributed by atoms with E-state index in [0.29, 0.717) is 6.04 Å². The fraction of sp³-hybridized carbons (Fsp3) is 0.600. The van der Waals surface area contributed by atoms with Crippen molar-refractivity contribution >= 4 is 11.3 Å². The van der Waals surface area contributed by atoms with Gasteiger partial charge in [-0.15, -0.1) is 11.3 Å². The fourth-order valence-corrected chi connectivity index (χ4v) is 4.10. The maximum absolute atomic E-state index is 4.90. The molecule has 0 bridgehead atoms. The van der Waals surface area contributed by atoms with Gasteiger partial charge >= 0.3 is 0 Å². The number of nitrogens with one attached hydrogen (secondary N) is 1. The van der Waals surface area contributed by atoms with Crippen LogP contribution in [0.2, 0.25) is 0 Å². The lowest BCUT2D eigenvalue weighted by Gasteiger charge is -2.21. The van der Waals surface area contributed by atoms with E-state index in [1.54, 1.807) is 11.3 Å². The molecule has 0 amide bonds. The Hall–Kier alpha value is -1.20. The predicted molar refractivity (Wildman–Crippen MR) is 79.7 cm³/mol. The summed E-state index contributed by atoms with van der Waals surface area (Å²) in [5.74, 6) is 1.21. The first-order valence-corrected chi connectivity index (χ1v) is 8.47. The second-order valence-corrected chi connectivity index (χ2v) is 6.82. The molecule has 2 aromatic heterocycles. The second kappa shape index (κ2) is 5.30. The minimum atomic E-state index is 0.475. The number of rotatable bonds is 3. The van der Waals surface area contributed by atoms with Gasteiger partial charge in [0.05, 0.1) is 17.2 Å². The Kier molecular flexibility index (Phi) is 3.32. The van der Waals surface area contributed by atoms with Crippen LogP contribution in [0.25, 0.3) is 0 Å². The highest BCUT2D eigenvalue weighted by molar-refractivity contribution is 7.09. The van der Waals surface area contributed by atoms with Crippen LogP contribution in [0, 0.1) is 0 Å². The molecule has 1 saturated heterocycles. The van der Waals surface area contributed by atoms with Crippen molar-refractivity contribution in [1.29, 1.82) is 0 Å². The van der Waals surface area contributed by atoms with Crippen molar-refractivity contribution in [3.8, 4) is 0 Å². The number of hydrogen-bond acceptors (Lipinski definition) is 4. The van der Waals surface area contributed by atoms with E-state index in [4.69, 9.17) is 4.98 Å². The molecule has 0 unspecified atom stereocenters. The molecule has 1 aliphatic heterocycles. The normalized spacial score (nSPS) is 23.1. The van der Waals surface area contributed by atoms with Crippen molar-refractivity contribution in [1.82, 2.24) is 19.9 Å². The summed E-state index contributed by atoms with van der Waals surface area (Å²) in [6.07, 6.45) is 9.45. The molecule has 20 heavy (non-hydrogen) atoms. The Morgan fingerprint density at radius 1 is 1.30 bits per heavy atom. The number of hydrogen-bond donors (Lipinski definition) is 1.